The average Bonchev–Trinajstić information content (AvgIpc) is 2.08. The second-order valence-corrected chi connectivity index (χ2v) is 2.72. The van der Waals surface area contributed by atoms with Gasteiger partial charge in [-0.25, -0.2) is 0 Å². The maximum absolute atomic E-state index is 9.12. The summed E-state index contributed by atoms with van der Waals surface area (Å²) in [5.41, 5.74) is 0. The number of aliphatic hydroxyl groups excluding tert-OH is 5. The Morgan fingerprint density at radius 2 is 1.50 bits per heavy atom. The van der Waals surface area contributed by atoms with Crippen molar-refractivity contribution < 1.29 is 30.3 Å². The molecule has 1 saturated heterocycles. The van der Waals surface area contributed by atoms with Crippen LogP contribution >= 0.6 is 0 Å². The van der Waals surface area contributed by atoms with Gasteiger partial charge in [0.05, 0.1) is 6.61 Å². The Bertz CT molecular complexity index is 146. The first-order valence-electron chi connectivity index (χ1n) is 3.56. The van der Waals surface area contributed by atoms with E-state index < -0.39 is 37.3 Å². The summed E-state index contributed by atoms with van der Waals surface area (Å²) < 4.78 is 4.58. The van der Waals surface area contributed by atoms with E-state index in [0.717, 1.165) is 0 Å². The molecule has 12 heavy (non-hydrogen) atoms. The van der Waals surface area contributed by atoms with Gasteiger partial charge in [0.15, 0.2) is 6.29 Å². The summed E-state index contributed by atoms with van der Waals surface area (Å²) in [5.74, 6) is 0. The van der Waals surface area contributed by atoms with Crippen LogP contribution in [0.2, 0.25) is 0 Å². The highest BCUT2D eigenvalue weighted by atomic mass is 16.6. The summed E-state index contributed by atoms with van der Waals surface area (Å²) >= 11 is 0. The van der Waals surface area contributed by atoms with Crippen LogP contribution in [-0.2, 0) is 4.74 Å². The molecule has 1 fully saturated rings. The van der Waals surface area contributed by atoms with Crippen LogP contribution in [-0.4, -0.2) is 62.8 Å². The van der Waals surface area contributed by atoms with E-state index in [9.17, 15) is 0 Å². The average molecular weight is 180 g/mol. The Balaban J connectivity index is 2.63. The monoisotopic (exact) mass is 180 g/mol. The van der Waals surface area contributed by atoms with E-state index in [-0.39, 0.29) is 0 Å². The van der Waals surface area contributed by atoms with Crippen LogP contribution in [0.5, 0.6) is 0 Å². The van der Waals surface area contributed by atoms with Gasteiger partial charge in [0.1, 0.15) is 24.4 Å². The van der Waals surface area contributed by atoms with Crippen molar-refractivity contribution in [3.63, 3.8) is 0 Å². The normalized spacial score (nSPS) is 49.2. The molecule has 0 aromatic carbocycles. The minimum Gasteiger partial charge on any atom is -0.394 e. The van der Waals surface area contributed by atoms with Gasteiger partial charge in [-0.1, -0.05) is 0 Å². The first kappa shape index (κ1) is 9.85. The molecule has 1 heterocycles. The van der Waals surface area contributed by atoms with E-state index in [4.69, 9.17) is 25.5 Å². The lowest BCUT2D eigenvalue weighted by atomic mass is 10.00. The molecule has 1 unspecified atom stereocenters. The molecule has 0 bridgehead atoms. The van der Waals surface area contributed by atoms with Gasteiger partial charge < -0.3 is 30.3 Å². The first-order chi connectivity index (χ1) is 5.57. The van der Waals surface area contributed by atoms with E-state index in [1.165, 1.54) is 0 Å². The zero-order chi connectivity index (χ0) is 9.30. The van der Waals surface area contributed by atoms with Crippen LogP contribution in [0.4, 0.5) is 0 Å². The predicted molar refractivity (Wildman–Crippen MR) is 36.0 cm³/mol. The molecule has 72 valence electrons. The Morgan fingerprint density at radius 1 is 0.917 bits per heavy atom. The summed E-state index contributed by atoms with van der Waals surface area (Å²) in [7, 11) is 0. The lowest BCUT2D eigenvalue weighted by Crippen LogP contribution is -2.58. The SMILES string of the molecule is OC[C@H]1O[C@@H](O)[C@H](O)C(O)[C@@H]1O. The van der Waals surface area contributed by atoms with Crippen molar-refractivity contribution in [2.24, 2.45) is 0 Å². The van der Waals surface area contributed by atoms with Crippen molar-refractivity contribution in [2.45, 2.75) is 30.7 Å². The molecule has 0 aromatic rings. The van der Waals surface area contributed by atoms with Gasteiger partial charge in [0.2, 0.25) is 0 Å². The van der Waals surface area contributed by atoms with E-state index in [2.05, 4.69) is 4.74 Å². The van der Waals surface area contributed by atoms with E-state index in [1.807, 2.05) is 0 Å². The summed E-state index contributed by atoms with van der Waals surface area (Å²) in [6.45, 7) is -0.526. The molecule has 0 amide bonds. The van der Waals surface area contributed by atoms with Crippen LogP contribution < -0.4 is 0 Å². The molecule has 5 N–H and O–H groups in total. The fourth-order valence-corrected chi connectivity index (χ4v) is 1.08. The van der Waals surface area contributed by atoms with Gasteiger partial charge in [-0.05, 0) is 0 Å². The Kier molecular flexibility index (Phi) is 2.99. The van der Waals surface area contributed by atoms with Crippen LogP contribution in [0.1, 0.15) is 0 Å². The molecule has 0 aromatic heterocycles. The highest BCUT2D eigenvalue weighted by molar-refractivity contribution is 4.87. The smallest absolute Gasteiger partial charge is 0.184 e. The molecule has 0 radical (unpaired) electrons. The van der Waals surface area contributed by atoms with Crippen LogP contribution in [0.15, 0.2) is 0 Å². The van der Waals surface area contributed by atoms with Crippen molar-refractivity contribution in [2.75, 3.05) is 6.61 Å². The first-order valence-corrected chi connectivity index (χ1v) is 3.56. The molecular formula is C6H12O6. The van der Waals surface area contributed by atoms with Gasteiger partial charge in [0, 0.05) is 0 Å². The third-order valence-electron chi connectivity index (χ3n) is 1.87. The molecule has 6 heteroatoms. The van der Waals surface area contributed by atoms with Gasteiger partial charge >= 0.3 is 0 Å². The van der Waals surface area contributed by atoms with Crippen molar-refractivity contribution in [3.05, 3.63) is 0 Å². The Labute approximate surface area is 68.6 Å². The summed E-state index contributed by atoms with van der Waals surface area (Å²) in [6.07, 6.45) is -7.04. The topological polar surface area (TPSA) is 110 Å². The van der Waals surface area contributed by atoms with Crippen LogP contribution in [0, 0.1) is 0 Å². The van der Waals surface area contributed by atoms with E-state index in [1.54, 1.807) is 0 Å². The summed E-state index contributed by atoms with van der Waals surface area (Å²) in [5, 5.41) is 44.7. The lowest BCUT2D eigenvalue weighted by Gasteiger charge is -2.37. The molecule has 1 rings (SSSR count). The second kappa shape index (κ2) is 3.65. The van der Waals surface area contributed by atoms with Crippen molar-refractivity contribution >= 4 is 0 Å². The second-order valence-electron chi connectivity index (χ2n) is 2.72. The number of ether oxygens (including phenoxy) is 1. The minimum absolute atomic E-state index is 0.526. The summed E-state index contributed by atoms with van der Waals surface area (Å²) in [4.78, 5) is 0. The maximum atomic E-state index is 9.12. The fraction of sp³-hybridized carbons (Fsp3) is 1.00. The number of rotatable bonds is 1. The predicted octanol–water partition coefficient (Wildman–Crippen LogP) is -3.22. The Morgan fingerprint density at radius 3 is 2.00 bits per heavy atom. The molecule has 1 aliphatic heterocycles. The molecule has 5 atom stereocenters. The number of hydrogen-bond acceptors (Lipinski definition) is 6. The zero-order valence-electron chi connectivity index (χ0n) is 6.24. The molecule has 1 aliphatic rings. The summed E-state index contributed by atoms with van der Waals surface area (Å²) in [6, 6.07) is 0. The lowest BCUT2D eigenvalue weighted by molar-refractivity contribution is -0.286. The molecule has 0 saturated carbocycles. The van der Waals surface area contributed by atoms with Crippen molar-refractivity contribution in [3.8, 4) is 0 Å². The third-order valence-corrected chi connectivity index (χ3v) is 1.87. The zero-order valence-corrected chi connectivity index (χ0v) is 6.24. The number of aliphatic hydroxyl groups is 5. The minimum atomic E-state index is -1.57. The largest absolute Gasteiger partial charge is 0.394 e. The molecular weight excluding hydrogens is 168 g/mol. The fourth-order valence-electron chi connectivity index (χ4n) is 1.08. The Hall–Kier alpha value is -0.240. The molecule has 0 spiro atoms. The van der Waals surface area contributed by atoms with E-state index >= 15 is 0 Å². The van der Waals surface area contributed by atoms with Gasteiger partial charge in [-0.3, -0.25) is 0 Å². The maximum Gasteiger partial charge on any atom is 0.184 e. The van der Waals surface area contributed by atoms with Crippen LogP contribution in [0.25, 0.3) is 0 Å². The van der Waals surface area contributed by atoms with Gasteiger partial charge in [-0.15, -0.1) is 0 Å². The van der Waals surface area contributed by atoms with Gasteiger partial charge in [0.25, 0.3) is 0 Å². The quantitative estimate of drug-likeness (QED) is 0.290. The standard InChI is InChI=1S/C6H12O6/c7-1-2-3(8)4(9)5(10)6(11)12-2/h2-11H,1H2/t2-,3-,4?,5-,6-/m1/s1. The molecule has 0 aliphatic carbocycles. The van der Waals surface area contributed by atoms with Gasteiger partial charge in [-0.2, -0.15) is 0 Å². The van der Waals surface area contributed by atoms with Crippen LogP contribution in [0.3, 0.4) is 0 Å². The molecule has 6 nitrogen and oxygen atoms in total. The highest BCUT2D eigenvalue weighted by Crippen LogP contribution is 2.18. The van der Waals surface area contributed by atoms with E-state index in [0.29, 0.717) is 0 Å². The van der Waals surface area contributed by atoms with Crippen molar-refractivity contribution in [1.29, 1.82) is 0 Å². The number of hydrogen-bond donors (Lipinski definition) is 5. The third kappa shape index (κ3) is 1.58. The highest BCUT2D eigenvalue weighted by Gasteiger charge is 2.42. The van der Waals surface area contributed by atoms with Crippen molar-refractivity contribution in [1.82, 2.24) is 0 Å².